The van der Waals surface area contributed by atoms with Crippen LogP contribution in [-0.4, -0.2) is 40.9 Å². The van der Waals surface area contributed by atoms with E-state index in [4.69, 9.17) is 17.3 Å². The lowest BCUT2D eigenvalue weighted by Crippen LogP contribution is -2.27. The summed E-state index contributed by atoms with van der Waals surface area (Å²) in [6.45, 7) is -0.428. The van der Waals surface area contributed by atoms with E-state index in [0.717, 1.165) is 0 Å². The number of nitrogens with one attached hydrogen (secondary N) is 1. The summed E-state index contributed by atoms with van der Waals surface area (Å²) in [5.74, 6) is -4.07. The Labute approximate surface area is 172 Å². The molecule has 1 aromatic heterocycles. The second-order valence-corrected chi connectivity index (χ2v) is 7.82. The lowest BCUT2D eigenvalue weighted by atomic mass is 10.2. The molecule has 0 aliphatic carbocycles. The number of nitrogens with two attached hydrogens (primary N) is 1. The molecule has 158 valence electrons. The number of alkyl halides is 5. The molecule has 5 nitrogen and oxygen atoms in total. The number of hydrogen-bond donors (Lipinski definition) is 2. The Morgan fingerprint density at radius 3 is 2.59 bits per heavy atom. The molecular weight excluding hydrogens is 437 g/mol. The fourth-order valence-corrected chi connectivity index (χ4v) is 3.56. The summed E-state index contributed by atoms with van der Waals surface area (Å²) in [7, 11) is 0. The van der Waals surface area contributed by atoms with Crippen LogP contribution < -0.4 is 16.0 Å². The molecule has 0 radical (unpaired) electrons. The van der Waals surface area contributed by atoms with Gasteiger partial charge in [-0.3, -0.25) is 0 Å². The summed E-state index contributed by atoms with van der Waals surface area (Å²) in [6.07, 6.45) is -4.81. The second kappa shape index (κ2) is 8.39. The molecule has 2 heterocycles. The molecule has 0 spiro atoms. The van der Waals surface area contributed by atoms with Gasteiger partial charge in [-0.05, 0) is 11.6 Å². The summed E-state index contributed by atoms with van der Waals surface area (Å²) in [4.78, 5) is 9.32. The average molecular weight is 454 g/mol. The lowest BCUT2D eigenvalue weighted by molar-refractivity contribution is -0.105. The monoisotopic (exact) mass is 453 g/mol. The largest absolute Gasteiger partial charge is 0.398 e. The van der Waals surface area contributed by atoms with Gasteiger partial charge in [-0.15, -0.1) is 0 Å². The van der Waals surface area contributed by atoms with Crippen molar-refractivity contribution < 1.29 is 22.0 Å². The predicted octanol–water partition coefficient (Wildman–Crippen LogP) is 4.82. The highest BCUT2D eigenvalue weighted by Gasteiger charge is 2.40. The number of rotatable bonds is 6. The van der Waals surface area contributed by atoms with E-state index >= 15 is 0 Å². The average Bonchev–Trinajstić information content (AvgIpc) is 3.00. The molecule has 0 unspecified atom stereocenters. The lowest BCUT2D eigenvalue weighted by Gasteiger charge is -2.21. The van der Waals surface area contributed by atoms with Gasteiger partial charge in [-0.2, -0.15) is 13.2 Å². The van der Waals surface area contributed by atoms with Crippen molar-refractivity contribution in [2.45, 2.75) is 30.2 Å². The van der Waals surface area contributed by atoms with Gasteiger partial charge in [-0.1, -0.05) is 41.6 Å². The van der Waals surface area contributed by atoms with E-state index in [1.807, 2.05) is 0 Å². The standard InChI is InChI=1S/C17H17ClF5N5S/c18-11-4-2-1-3-10(11)7-25-13-12(24)14(28-6-5-16(19,20)8-28)27-15(26-13)29-9-17(21,22)23/h1-4H,5-9,24H2,(H,25,26,27). The Bertz CT molecular complexity index is 880. The van der Waals surface area contributed by atoms with Gasteiger partial charge in [0.15, 0.2) is 16.8 Å². The van der Waals surface area contributed by atoms with E-state index in [9.17, 15) is 22.0 Å². The van der Waals surface area contributed by atoms with Crippen LogP contribution in [0.5, 0.6) is 0 Å². The molecule has 1 aliphatic rings. The van der Waals surface area contributed by atoms with Gasteiger partial charge in [0.05, 0.1) is 12.3 Å². The fourth-order valence-electron chi connectivity index (χ4n) is 2.76. The van der Waals surface area contributed by atoms with E-state index in [-0.39, 0.29) is 42.0 Å². The molecule has 0 saturated carbocycles. The Hall–Kier alpha value is -2.01. The molecule has 12 heteroatoms. The van der Waals surface area contributed by atoms with Crippen molar-refractivity contribution >= 4 is 40.7 Å². The van der Waals surface area contributed by atoms with Crippen LogP contribution in [0.1, 0.15) is 12.0 Å². The Morgan fingerprint density at radius 1 is 1.24 bits per heavy atom. The van der Waals surface area contributed by atoms with Crippen LogP contribution in [0.15, 0.2) is 29.4 Å². The Balaban J connectivity index is 1.88. The van der Waals surface area contributed by atoms with Crippen LogP contribution >= 0.6 is 23.4 Å². The summed E-state index contributed by atoms with van der Waals surface area (Å²) in [5, 5.41) is 3.20. The van der Waals surface area contributed by atoms with Crippen LogP contribution in [0.25, 0.3) is 0 Å². The van der Waals surface area contributed by atoms with Gasteiger partial charge in [0.2, 0.25) is 0 Å². The first kappa shape index (κ1) is 21.7. The third-order valence-corrected chi connectivity index (χ3v) is 5.42. The SMILES string of the molecule is Nc1c(NCc2ccccc2Cl)nc(SCC(F)(F)F)nc1N1CCC(F)(F)C1. The van der Waals surface area contributed by atoms with Crippen LogP contribution in [0.4, 0.5) is 39.3 Å². The Morgan fingerprint density at radius 2 is 1.97 bits per heavy atom. The molecule has 1 saturated heterocycles. The molecule has 1 aromatic carbocycles. The van der Waals surface area contributed by atoms with E-state index in [1.165, 1.54) is 4.90 Å². The van der Waals surface area contributed by atoms with E-state index in [0.29, 0.717) is 22.3 Å². The minimum atomic E-state index is -4.43. The normalized spacial score (nSPS) is 16.3. The van der Waals surface area contributed by atoms with E-state index in [1.54, 1.807) is 24.3 Å². The zero-order valence-corrected chi connectivity index (χ0v) is 16.5. The van der Waals surface area contributed by atoms with Crippen molar-refractivity contribution in [2.75, 3.05) is 34.8 Å². The summed E-state index contributed by atoms with van der Waals surface area (Å²) < 4.78 is 65.0. The maximum atomic E-state index is 13.6. The molecule has 1 aliphatic heterocycles. The third-order valence-electron chi connectivity index (χ3n) is 4.14. The highest BCUT2D eigenvalue weighted by Crippen LogP contribution is 2.37. The molecule has 1 fully saturated rings. The number of aromatic nitrogens is 2. The van der Waals surface area contributed by atoms with Crippen molar-refractivity contribution in [2.24, 2.45) is 0 Å². The number of thioether (sulfide) groups is 1. The van der Waals surface area contributed by atoms with Gasteiger partial charge >= 0.3 is 6.18 Å². The van der Waals surface area contributed by atoms with Crippen LogP contribution in [-0.2, 0) is 6.54 Å². The number of halogens is 6. The maximum Gasteiger partial charge on any atom is 0.398 e. The van der Waals surface area contributed by atoms with Crippen LogP contribution in [0.3, 0.4) is 0 Å². The summed E-state index contributed by atoms with van der Waals surface area (Å²) >= 11 is 6.47. The predicted molar refractivity (Wildman–Crippen MR) is 104 cm³/mol. The van der Waals surface area contributed by atoms with Crippen molar-refractivity contribution in [3.05, 3.63) is 34.9 Å². The molecule has 0 amide bonds. The van der Waals surface area contributed by atoms with Crippen molar-refractivity contribution in [3.63, 3.8) is 0 Å². The van der Waals surface area contributed by atoms with E-state index < -0.39 is 24.4 Å². The number of nitrogen functional groups attached to an aromatic ring is 1. The quantitative estimate of drug-likeness (QED) is 0.371. The zero-order valence-electron chi connectivity index (χ0n) is 14.9. The van der Waals surface area contributed by atoms with Crippen LogP contribution in [0, 0.1) is 0 Å². The number of nitrogens with zero attached hydrogens (tertiary/aromatic N) is 3. The summed E-state index contributed by atoms with van der Waals surface area (Å²) in [6, 6.07) is 6.97. The smallest absolute Gasteiger partial charge is 0.393 e. The minimum Gasteiger partial charge on any atom is -0.393 e. The van der Waals surface area contributed by atoms with Crippen molar-refractivity contribution in [1.29, 1.82) is 0 Å². The van der Waals surface area contributed by atoms with Gasteiger partial charge in [0.1, 0.15) is 5.69 Å². The second-order valence-electron chi connectivity index (χ2n) is 6.47. The van der Waals surface area contributed by atoms with Crippen molar-refractivity contribution in [3.8, 4) is 0 Å². The molecule has 0 bridgehead atoms. The molecule has 2 aromatic rings. The zero-order chi connectivity index (χ0) is 21.2. The first-order chi connectivity index (χ1) is 13.5. The molecule has 3 N–H and O–H groups in total. The van der Waals surface area contributed by atoms with Crippen LogP contribution in [0.2, 0.25) is 5.02 Å². The summed E-state index contributed by atoms with van der Waals surface area (Å²) in [5.41, 5.74) is 6.77. The first-order valence-electron chi connectivity index (χ1n) is 8.51. The third kappa shape index (κ3) is 5.75. The molecule has 0 atom stereocenters. The van der Waals surface area contributed by atoms with Gasteiger partial charge in [0, 0.05) is 24.5 Å². The van der Waals surface area contributed by atoms with Gasteiger partial charge in [-0.25, -0.2) is 18.7 Å². The highest BCUT2D eigenvalue weighted by molar-refractivity contribution is 7.99. The van der Waals surface area contributed by atoms with Gasteiger partial charge in [0.25, 0.3) is 5.92 Å². The molecule has 29 heavy (non-hydrogen) atoms. The topological polar surface area (TPSA) is 67.1 Å². The van der Waals surface area contributed by atoms with Crippen molar-refractivity contribution in [1.82, 2.24) is 9.97 Å². The molecule has 3 rings (SSSR count). The minimum absolute atomic E-state index is 0.00823. The number of benzene rings is 1. The fraction of sp³-hybridized carbons (Fsp3) is 0.412. The maximum absolute atomic E-state index is 13.6. The number of hydrogen-bond acceptors (Lipinski definition) is 6. The first-order valence-corrected chi connectivity index (χ1v) is 9.87. The highest BCUT2D eigenvalue weighted by atomic mass is 35.5. The Kier molecular flexibility index (Phi) is 6.27. The molecular formula is C17H17ClF5N5S. The number of anilines is 3. The van der Waals surface area contributed by atoms with E-state index in [2.05, 4.69) is 15.3 Å². The van der Waals surface area contributed by atoms with Gasteiger partial charge < -0.3 is 16.0 Å².